The second-order valence-corrected chi connectivity index (χ2v) is 4.48. The van der Waals surface area contributed by atoms with Crippen LogP contribution in [-0.2, 0) is 22.6 Å². The van der Waals surface area contributed by atoms with Crippen LogP contribution >= 0.6 is 0 Å². The van der Waals surface area contributed by atoms with Crippen LogP contribution in [0.4, 0.5) is 0 Å². The lowest BCUT2D eigenvalue weighted by atomic mass is 10.2. The molecule has 0 unspecified atom stereocenters. The third-order valence-corrected chi connectivity index (χ3v) is 3.16. The first-order valence-electron chi connectivity index (χ1n) is 6.61. The van der Waals surface area contributed by atoms with Gasteiger partial charge in [-0.2, -0.15) is 0 Å². The van der Waals surface area contributed by atoms with Crippen molar-refractivity contribution in [2.24, 2.45) is 0 Å². The smallest absolute Gasteiger partial charge is 0.0702 e. The summed E-state index contributed by atoms with van der Waals surface area (Å²) in [5, 5.41) is 10.5. The average Bonchev–Trinajstić information content (AvgIpc) is 2.81. The van der Waals surface area contributed by atoms with Crippen LogP contribution in [-0.4, -0.2) is 36.6 Å². The molecule has 0 amide bonds. The third kappa shape index (κ3) is 3.56. The summed E-state index contributed by atoms with van der Waals surface area (Å²) < 4.78 is 12.6. The van der Waals surface area contributed by atoms with E-state index in [2.05, 4.69) is 10.6 Å². The molecule has 2 rings (SSSR count). The molecule has 0 aliphatic carbocycles. The van der Waals surface area contributed by atoms with Crippen molar-refractivity contribution < 1.29 is 14.6 Å². The number of aryl methyl sites for hydroxylation is 1. The number of aliphatic hydroxyl groups excluding tert-OH is 1. The van der Waals surface area contributed by atoms with E-state index in [4.69, 9.17) is 9.47 Å². The highest BCUT2D eigenvalue weighted by Gasteiger charge is 2.06. The molecule has 0 fully saturated rings. The van der Waals surface area contributed by atoms with E-state index in [0.29, 0.717) is 13.2 Å². The summed E-state index contributed by atoms with van der Waals surface area (Å²) in [5.74, 6) is 0. The van der Waals surface area contributed by atoms with Gasteiger partial charge in [0, 0.05) is 42.9 Å². The van der Waals surface area contributed by atoms with Gasteiger partial charge in [-0.05, 0) is 12.5 Å². The summed E-state index contributed by atoms with van der Waals surface area (Å²) >= 11 is 0. The summed E-state index contributed by atoms with van der Waals surface area (Å²) in [6, 6.07) is 8.15. The van der Waals surface area contributed by atoms with E-state index < -0.39 is 0 Å². The van der Waals surface area contributed by atoms with Gasteiger partial charge in [-0.15, -0.1) is 0 Å². The maximum absolute atomic E-state index is 9.37. The van der Waals surface area contributed by atoms with E-state index in [1.54, 1.807) is 7.11 Å². The van der Waals surface area contributed by atoms with Gasteiger partial charge in [-0.3, -0.25) is 0 Å². The van der Waals surface area contributed by atoms with Gasteiger partial charge >= 0.3 is 0 Å². The number of rotatable bonds is 8. The van der Waals surface area contributed by atoms with Crippen LogP contribution < -0.4 is 0 Å². The number of hydrogen-bond donors (Lipinski definition) is 1. The molecule has 0 saturated heterocycles. The Hall–Kier alpha value is -1.36. The molecule has 4 nitrogen and oxygen atoms in total. The molecule has 104 valence electrons. The number of hydrogen-bond acceptors (Lipinski definition) is 3. The molecule has 4 heteroatoms. The number of nitrogens with zero attached hydrogens (tertiary/aromatic N) is 1. The minimum atomic E-state index is 0.0812. The fraction of sp³-hybridized carbons (Fsp3) is 0.467. The first-order valence-corrected chi connectivity index (χ1v) is 6.61. The van der Waals surface area contributed by atoms with Crippen LogP contribution in [0.15, 0.2) is 30.5 Å². The fourth-order valence-corrected chi connectivity index (χ4v) is 2.22. The second kappa shape index (κ2) is 7.28. The topological polar surface area (TPSA) is 43.6 Å². The summed E-state index contributed by atoms with van der Waals surface area (Å²) in [7, 11) is 1.67. The number of benzene rings is 1. The summed E-state index contributed by atoms with van der Waals surface area (Å²) in [4.78, 5) is 0. The zero-order valence-electron chi connectivity index (χ0n) is 11.3. The van der Waals surface area contributed by atoms with E-state index in [0.717, 1.165) is 30.5 Å². The Morgan fingerprint density at radius 1 is 1.16 bits per heavy atom. The Morgan fingerprint density at radius 2 is 2.00 bits per heavy atom. The van der Waals surface area contributed by atoms with Crippen LogP contribution in [0, 0.1) is 0 Å². The van der Waals surface area contributed by atoms with E-state index in [9.17, 15) is 5.11 Å². The summed E-state index contributed by atoms with van der Waals surface area (Å²) in [6.07, 6.45) is 2.98. The van der Waals surface area contributed by atoms with E-state index in [-0.39, 0.29) is 6.61 Å². The van der Waals surface area contributed by atoms with Crippen molar-refractivity contribution >= 4 is 10.9 Å². The zero-order valence-corrected chi connectivity index (χ0v) is 11.3. The van der Waals surface area contributed by atoms with Crippen molar-refractivity contribution in [2.75, 3.05) is 26.9 Å². The van der Waals surface area contributed by atoms with Crippen LogP contribution in [0.3, 0.4) is 0 Å². The maximum atomic E-state index is 9.37. The summed E-state index contributed by atoms with van der Waals surface area (Å²) in [5.41, 5.74) is 2.15. The third-order valence-electron chi connectivity index (χ3n) is 3.16. The van der Waals surface area contributed by atoms with Crippen molar-refractivity contribution in [1.82, 2.24) is 4.57 Å². The van der Waals surface area contributed by atoms with Crippen molar-refractivity contribution in [2.45, 2.75) is 19.6 Å². The number of ether oxygens (including phenoxy) is 2. The van der Waals surface area contributed by atoms with E-state index in [1.807, 2.05) is 24.4 Å². The SMILES string of the molecule is COCCOCCCn1cc(CO)c2ccccc21. The van der Waals surface area contributed by atoms with Gasteiger partial charge in [0.05, 0.1) is 19.8 Å². The predicted octanol–water partition coefficient (Wildman–Crippen LogP) is 2.19. The molecule has 0 spiro atoms. The molecule has 0 aliphatic rings. The van der Waals surface area contributed by atoms with Crippen molar-refractivity contribution in [1.29, 1.82) is 0 Å². The molecule has 19 heavy (non-hydrogen) atoms. The highest BCUT2D eigenvalue weighted by molar-refractivity contribution is 5.83. The first kappa shape index (κ1) is 14.1. The minimum absolute atomic E-state index is 0.0812. The number of fused-ring (bicyclic) bond motifs is 1. The molecule has 0 radical (unpaired) electrons. The largest absolute Gasteiger partial charge is 0.392 e. The second-order valence-electron chi connectivity index (χ2n) is 4.48. The number of para-hydroxylation sites is 1. The van der Waals surface area contributed by atoms with Gasteiger partial charge in [0.25, 0.3) is 0 Å². The molecule has 1 N–H and O–H groups in total. The number of aromatic nitrogens is 1. The van der Waals surface area contributed by atoms with Gasteiger partial charge in [0.1, 0.15) is 0 Å². The highest BCUT2D eigenvalue weighted by atomic mass is 16.5. The van der Waals surface area contributed by atoms with Gasteiger partial charge in [-0.25, -0.2) is 0 Å². The average molecular weight is 263 g/mol. The Kier molecular flexibility index (Phi) is 5.39. The van der Waals surface area contributed by atoms with Gasteiger partial charge < -0.3 is 19.1 Å². The maximum Gasteiger partial charge on any atom is 0.0702 e. The normalized spacial score (nSPS) is 11.3. The van der Waals surface area contributed by atoms with Gasteiger partial charge in [0.15, 0.2) is 0 Å². The van der Waals surface area contributed by atoms with Crippen molar-refractivity contribution in [3.05, 3.63) is 36.0 Å². The Morgan fingerprint density at radius 3 is 2.79 bits per heavy atom. The lowest BCUT2D eigenvalue weighted by Gasteiger charge is -2.06. The molecule has 1 aromatic carbocycles. The highest BCUT2D eigenvalue weighted by Crippen LogP contribution is 2.21. The quantitative estimate of drug-likeness (QED) is 0.742. The molecule has 0 saturated carbocycles. The van der Waals surface area contributed by atoms with E-state index >= 15 is 0 Å². The first-order chi connectivity index (χ1) is 9.36. The van der Waals surface area contributed by atoms with Gasteiger partial charge in [0.2, 0.25) is 0 Å². The van der Waals surface area contributed by atoms with Gasteiger partial charge in [-0.1, -0.05) is 18.2 Å². The van der Waals surface area contributed by atoms with Crippen LogP contribution in [0.1, 0.15) is 12.0 Å². The molecule has 0 aliphatic heterocycles. The predicted molar refractivity (Wildman–Crippen MR) is 75.2 cm³/mol. The molecular weight excluding hydrogens is 242 g/mol. The minimum Gasteiger partial charge on any atom is -0.392 e. The number of aliphatic hydroxyl groups is 1. The molecule has 2 aromatic rings. The Bertz CT molecular complexity index is 507. The Balaban J connectivity index is 1.93. The molecular formula is C15H21NO3. The lowest BCUT2D eigenvalue weighted by molar-refractivity contribution is 0.0681. The fourth-order valence-electron chi connectivity index (χ4n) is 2.22. The van der Waals surface area contributed by atoms with Crippen LogP contribution in [0.25, 0.3) is 10.9 Å². The standard InChI is InChI=1S/C15H21NO3/c1-18-9-10-19-8-4-7-16-11-13(12-17)14-5-2-3-6-15(14)16/h2-3,5-6,11,17H,4,7-10,12H2,1H3. The van der Waals surface area contributed by atoms with Crippen LogP contribution in [0.2, 0.25) is 0 Å². The molecule has 0 atom stereocenters. The summed E-state index contributed by atoms with van der Waals surface area (Å²) in [6.45, 7) is 2.99. The molecule has 0 bridgehead atoms. The zero-order chi connectivity index (χ0) is 13.5. The van der Waals surface area contributed by atoms with Crippen LogP contribution in [0.5, 0.6) is 0 Å². The Labute approximate surface area is 113 Å². The lowest BCUT2D eigenvalue weighted by Crippen LogP contribution is -2.05. The van der Waals surface area contributed by atoms with Crippen molar-refractivity contribution in [3.8, 4) is 0 Å². The monoisotopic (exact) mass is 263 g/mol. The van der Waals surface area contributed by atoms with E-state index in [1.165, 1.54) is 5.52 Å². The molecule has 1 aromatic heterocycles. The molecule has 1 heterocycles. The van der Waals surface area contributed by atoms with Crippen molar-refractivity contribution in [3.63, 3.8) is 0 Å². The number of methoxy groups -OCH3 is 1.